The van der Waals surface area contributed by atoms with Gasteiger partial charge in [-0.1, -0.05) is 13.2 Å². The molecule has 146 valence electrons. The molecule has 0 unspecified atom stereocenters. The van der Waals surface area contributed by atoms with E-state index in [1.807, 2.05) is 0 Å². The Hall–Kier alpha value is -2.90. The zero-order valence-electron chi connectivity index (χ0n) is 15.1. The molecule has 5 nitrogen and oxygen atoms in total. The van der Waals surface area contributed by atoms with Gasteiger partial charge in [-0.25, -0.2) is 9.40 Å². The molecule has 1 aliphatic carbocycles. The Morgan fingerprint density at radius 3 is 2.56 bits per heavy atom. The first kappa shape index (κ1) is 20.4. The number of hydrazone groups is 1. The van der Waals surface area contributed by atoms with E-state index in [2.05, 4.69) is 29.7 Å². The molecule has 0 atom stereocenters. The van der Waals surface area contributed by atoms with Gasteiger partial charge in [-0.05, 0) is 37.5 Å². The topological polar surface area (TPSA) is 60.1 Å². The van der Waals surface area contributed by atoms with Gasteiger partial charge >= 0.3 is 6.11 Å². The highest BCUT2D eigenvalue weighted by Crippen LogP contribution is 2.40. The fourth-order valence-electron chi connectivity index (χ4n) is 2.30. The SMILES string of the molecule is C=NN(C(=C)/C(=C/N)C(=C)C)c1cc(OC(F)(F)CF)ccc1OC1CC1. The van der Waals surface area contributed by atoms with E-state index in [0.717, 1.165) is 12.8 Å². The van der Waals surface area contributed by atoms with Crippen molar-refractivity contribution in [2.24, 2.45) is 10.8 Å². The third-order valence-electron chi connectivity index (χ3n) is 3.73. The predicted molar refractivity (Wildman–Crippen MR) is 99.9 cm³/mol. The van der Waals surface area contributed by atoms with Crippen molar-refractivity contribution >= 4 is 12.4 Å². The van der Waals surface area contributed by atoms with E-state index in [0.29, 0.717) is 22.6 Å². The fraction of sp³-hybridized carbons (Fsp3) is 0.316. The molecular formula is C19H22F3N3O2. The molecule has 0 heterocycles. The van der Waals surface area contributed by atoms with Crippen molar-refractivity contribution in [3.63, 3.8) is 0 Å². The zero-order chi connectivity index (χ0) is 20.2. The molecule has 27 heavy (non-hydrogen) atoms. The largest absolute Gasteiger partial charge is 0.488 e. The van der Waals surface area contributed by atoms with Crippen LogP contribution in [0, 0.1) is 0 Å². The van der Waals surface area contributed by atoms with Crippen LogP contribution >= 0.6 is 0 Å². The number of benzene rings is 1. The van der Waals surface area contributed by atoms with Crippen LogP contribution in [0.5, 0.6) is 11.5 Å². The third-order valence-corrected chi connectivity index (χ3v) is 3.73. The first-order valence-electron chi connectivity index (χ1n) is 8.19. The van der Waals surface area contributed by atoms with Crippen molar-refractivity contribution in [2.75, 3.05) is 11.7 Å². The predicted octanol–water partition coefficient (Wildman–Crippen LogP) is 4.52. The summed E-state index contributed by atoms with van der Waals surface area (Å²) in [5.74, 6) is 0.117. The van der Waals surface area contributed by atoms with Crippen LogP contribution in [0.1, 0.15) is 19.8 Å². The van der Waals surface area contributed by atoms with Crippen LogP contribution in [0.15, 0.2) is 59.5 Å². The smallest absolute Gasteiger partial charge is 0.427 e. The highest BCUT2D eigenvalue weighted by molar-refractivity contribution is 5.68. The van der Waals surface area contributed by atoms with Crippen LogP contribution < -0.4 is 20.2 Å². The standard InChI is InChI=1S/C19H22F3N3O2/c1-12(2)16(10-23)13(3)25(24-4)17-9-15(27-19(21,22)11-20)7-8-18(17)26-14-5-6-14/h7-10,14H,1,3-6,11,23H2,2H3/b16-10+. The quantitative estimate of drug-likeness (QED) is 0.368. The Balaban J connectivity index is 2.46. The maximum Gasteiger partial charge on any atom is 0.427 e. The number of allylic oxidation sites excluding steroid dienone is 1. The molecule has 0 amide bonds. The van der Waals surface area contributed by atoms with Crippen molar-refractivity contribution < 1.29 is 22.6 Å². The maximum absolute atomic E-state index is 13.3. The van der Waals surface area contributed by atoms with Crippen LogP contribution in [0.2, 0.25) is 0 Å². The lowest BCUT2D eigenvalue weighted by molar-refractivity contribution is -0.186. The molecule has 0 saturated heterocycles. The molecule has 1 fully saturated rings. The molecule has 2 N–H and O–H groups in total. The van der Waals surface area contributed by atoms with Crippen LogP contribution in [0.3, 0.4) is 0 Å². The van der Waals surface area contributed by atoms with Gasteiger partial charge < -0.3 is 15.2 Å². The highest BCUT2D eigenvalue weighted by Gasteiger charge is 2.33. The molecule has 0 spiro atoms. The summed E-state index contributed by atoms with van der Waals surface area (Å²) in [6.07, 6.45) is -0.824. The number of hydrogen-bond donors (Lipinski definition) is 1. The molecule has 0 aromatic heterocycles. The summed E-state index contributed by atoms with van der Waals surface area (Å²) < 4.78 is 49.3. The van der Waals surface area contributed by atoms with Crippen molar-refractivity contribution in [2.45, 2.75) is 32.0 Å². The van der Waals surface area contributed by atoms with Crippen molar-refractivity contribution in [3.05, 3.63) is 54.4 Å². The van der Waals surface area contributed by atoms with Gasteiger partial charge in [0.2, 0.25) is 0 Å². The van der Waals surface area contributed by atoms with E-state index in [1.165, 1.54) is 29.4 Å². The molecule has 1 aliphatic rings. The van der Waals surface area contributed by atoms with Crippen molar-refractivity contribution in [1.82, 2.24) is 0 Å². The highest BCUT2D eigenvalue weighted by atomic mass is 19.3. The lowest BCUT2D eigenvalue weighted by atomic mass is 10.1. The van der Waals surface area contributed by atoms with Gasteiger partial charge in [-0.2, -0.15) is 13.9 Å². The van der Waals surface area contributed by atoms with E-state index in [9.17, 15) is 13.2 Å². The summed E-state index contributed by atoms with van der Waals surface area (Å²) in [7, 11) is 0. The number of ether oxygens (including phenoxy) is 2. The van der Waals surface area contributed by atoms with Crippen molar-refractivity contribution in [3.8, 4) is 11.5 Å². The Morgan fingerprint density at radius 2 is 2.07 bits per heavy atom. The van der Waals surface area contributed by atoms with Crippen LogP contribution in [0.25, 0.3) is 0 Å². The first-order chi connectivity index (χ1) is 12.7. The normalized spacial score (nSPS) is 14.4. The minimum Gasteiger partial charge on any atom is -0.488 e. The summed E-state index contributed by atoms with van der Waals surface area (Å²) >= 11 is 0. The lowest BCUT2D eigenvalue weighted by Crippen LogP contribution is -2.27. The number of rotatable bonds is 10. The molecule has 0 bridgehead atoms. The first-order valence-corrected chi connectivity index (χ1v) is 8.19. The zero-order valence-corrected chi connectivity index (χ0v) is 15.1. The molecular weight excluding hydrogens is 359 g/mol. The second-order valence-electron chi connectivity index (χ2n) is 6.08. The maximum atomic E-state index is 13.3. The van der Waals surface area contributed by atoms with Gasteiger partial charge in [-0.3, -0.25) is 0 Å². The van der Waals surface area contributed by atoms with Crippen LogP contribution in [-0.2, 0) is 0 Å². The molecule has 1 aromatic rings. The summed E-state index contributed by atoms with van der Waals surface area (Å²) in [4.78, 5) is 0. The van der Waals surface area contributed by atoms with Gasteiger partial charge in [0, 0.05) is 24.6 Å². The molecule has 0 aliphatic heterocycles. The number of nitrogens with two attached hydrogens (primary N) is 1. The van der Waals surface area contributed by atoms with Gasteiger partial charge in [0.25, 0.3) is 0 Å². The second kappa shape index (κ2) is 8.20. The van der Waals surface area contributed by atoms with E-state index < -0.39 is 12.8 Å². The average molecular weight is 381 g/mol. The van der Waals surface area contributed by atoms with E-state index in [4.69, 9.17) is 10.5 Å². The molecule has 0 radical (unpaired) electrons. The van der Waals surface area contributed by atoms with E-state index in [-0.39, 0.29) is 17.5 Å². The summed E-state index contributed by atoms with van der Waals surface area (Å²) in [6, 6.07) is 3.98. The summed E-state index contributed by atoms with van der Waals surface area (Å²) in [5, 5.41) is 5.19. The third kappa shape index (κ3) is 5.06. The Bertz CT molecular complexity index is 773. The molecule has 1 saturated carbocycles. The Labute approximate surface area is 156 Å². The lowest BCUT2D eigenvalue weighted by Gasteiger charge is -2.26. The number of nitrogens with zero attached hydrogens (tertiary/aromatic N) is 2. The molecule has 2 rings (SSSR count). The van der Waals surface area contributed by atoms with Crippen molar-refractivity contribution in [1.29, 1.82) is 0 Å². The minimum atomic E-state index is -3.94. The summed E-state index contributed by atoms with van der Waals surface area (Å²) in [6.45, 7) is 11.0. The Kier molecular flexibility index (Phi) is 6.20. The van der Waals surface area contributed by atoms with Crippen LogP contribution in [-0.4, -0.2) is 25.6 Å². The number of halogens is 3. The number of alkyl halides is 3. The van der Waals surface area contributed by atoms with Gasteiger partial charge in [-0.15, -0.1) is 0 Å². The average Bonchev–Trinajstić information content (AvgIpc) is 3.42. The van der Waals surface area contributed by atoms with Gasteiger partial charge in [0.1, 0.15) is 17.2 Å². The Morgan fingerprint density at radius 1 is 1.41 bits per heavy atom. The molecule has 8 heteroatoms. The van der Waals surface area contributed by atoms with Gasteiger partial charge in [0.05, 0.1) is 11.8 Å². The monoisotopic (exact) mass is 381 g/mol. The van der Waals surface area contributed by atoms with Gasteiger partial charge in [0.15, 0.2) is 6.67 Å². The number of anilines is 1. The van der Waals surface area contributed by atoms with E-state index >= 15 is 0 Å². The second-order valence-corrected chi connectivity index (χ2v) is 6.08. The number of hydrogen-bond acceptors (Lipinski definition) is 5. The van der Waals surface area contributed by atoms with Crippen LogP contribution in [0.4, 0.5) is 18.9 Å². The minimum absolute atomic E-state index is 0.0355. The summed E-state index contributed by atoms with van der Waals surface area (Å²) in [5.41, 5.74) is 7.33. The fourth-order valence-corrected chi connectivity index (χ4v) is 2.30. The van der Waals surface area contributed by atoms with E-state index in [1.54, 1.807) is 6.92 Å². The molecule has 1 aromatic carbocycles.